The average Bonchev–Trinajstić information content (AvgIpc) is 3.22. The number of aliphatic hydroxyl groups excluding tert-OH is 1. The van der Waals surface area contributed by atoms with E-state index in [-0.39, 0.29) is 17.4 Å². The number of ether oxygens (including phenoxy) is 2. The molecular formula is C27H29N3O5S. The minimum Gasteiger partial charge on any atom is -0.492 e. The summed E-state index contributed by atoms with van der Waals surface area (Å²) in [4.78, 5) is 13.3. The van der Waals surface area contributed by atoms with Gasteiger partial charge in [0.15, 0.2) is 5.00 Å². The molecule has 4 aromatic rings. The van der Waals surface area contributed by atoms with Crippen LogP contribution in [-0.2, 0) is 13.0 Å². The molecule has 1 atom stereocenters. The molecule has 5 N–H and O–H groups in total. The predicted molar refractivity (Wildman–Crippen MR) is 142 cm³/mol. The highest BCUT2D eigenvalue weighted by atomic mass is 32.1. The number of aliphatic hydroxyl groups is 1. The first-order valence-electron chi connectivity index (χ1n) is 11.6. The average molecular weight is 508 g/mol. The standard InChI is InChI=1S/C27H29N3O5S/c31-22(18-35-24-12-10-23(11-13-24)34-17-20-4-2-1-3-5-20)16-28-15-14-19-6-8-21(9-7-19)29-26-25(32)30-27(33)36-26/h1-13,22,28-29,31-32H,14-18H2,(H,30,33)/t22-/m0/s1. The molecule has 8 nitrogen and oxygen atoms in total. The first kappa shape index (κ1) is 25.3. The summed E-state index contributed by atoms with van der Waals surface area (Å²) in [5, 5.41) is 26.5. The molecule has 0 fully saturated rings. The highest BCUT2D eigenvalue weighted by Gasteiger charge is 2.08. The first-order valence-corrected chi connectivity index (χ1v) is 12.4. The van der Waals surface area contributed by atoms with Gasteiger partial charge in [-0.25, -0.2) is 0 Å². The molecule has 0 saturated carbocycles. The van der Waals surface area contributed by atoms with E-state index < -0.39 is 6.10 Å². The van der Waals surface area contributed by atoms with Crippen LogP contribution in [-0.4, -0.2) is 41.0 Å². The van der Waals surface area contributed by atoms with Gasteiger partial charge in [-0.1, -0.05) is 53.8 Å². The Kier molecular flexibility index (Phi) is 8.98. The van der Waals surface area contributed by atoms with Crippen LogP contribution in [0.3, 0.4) is 0 Å². The minimum atomic E-state index is -0.633. The maximum atomic E-state index is 11.3. The number of rotatable bonds is 13. The monoisotopic (exact) mass is 507 g/mol. The van der Waals surface area contributed by atoms with Crippen LogP contribution in [0.1, 0.15) is 11.1 Å². The normalized spacial score (nSPS) is 11.7. The number of nitrogens with one attached hydrogen (secondary N) is 3. The van der Waals surface area contributed by atoms with E-state index in [1.807, 2.05) is 78.9 Å². The molecule has 9 heteroatoms. The lowest BCUT2D eigenvalue weighted by Crippen LogP contribution is -2.32. The Hall–Kier alpha value is -3.79. The smallest absolute Gasteiger partial charge is 0.309 e. The number of aromatic nitrogens is 1. The number of H-pyrrole nitrogens is 1. The van der Waals surface area contributed by atoms with Gasteiger partial charge in [-0.15, -0.1) is 0 Å². The van der Waals surface area contributed by atoms with Crippen molar-refractivity contribution in [1.82, 2.24) is 10.3 Å². The van der Waals surface area contributed by atoms with Gasteiger partial charge >= 0.3 is 4.87 Å². The molecule has 36 heavy (non-hydrogen) atoms. The maximum Gasteiger partial charge on any atom is 0.309 e. The highest BCUT2D eigenvalue weighted by molar-refractivity contribution is 7.13. The zero-order valence-electron chi connectivity index (χ0n) is 19.6. The number of benzene rings is 3. The van der Waals surface area contributed by atoms with Crippen molar-refractivity contribution in [3.8, 4) is 17.4 Å². The van der Waals surface area contributed by atoms with Gasteiger partial charge in [-0.05, 0) is 60.5 Å². The molecule has 0 aliphatic carbocycles. The van der Waals surface area contributed by atoms with E-state index in [4.69, 9.17) is 9.47 Å². The summed E-state index contributed by atoms with van der Waals surface area (Å²) >= 11 is 0.915. The van der Waals surface area contributed by atoms with Crippen LogP contribution >= 0.6 is 11.3 Å². The first-order chi connectivity index (χ1) is 17.5. The third-order valence-electron chi connectivity index (χ3n) is 5.33. The molecule has 0 spiro atoms. The van der Waals surface area contributed by atoms with E-state index in [9.17, 15) is 15.0 Å². The topological polar surface area (TPSA) is 116 Å². The van der Waals surface area contributed by atoms with Gasteiger partial charge in [0.1, 0.15) is 30.8 Å². The fraction of sp³-hybridized carbons (Fsp3) is 0.222. The van der Waals surface area contributed by atoms with Crippen molar-refractivity contribution in [2.75, 3.05) is 25.0 Å². The number of aromatic hydroxyl groups is 1. The summed E-state index contributed by atoms with van der Waals surface area (Å²) in [5.74, 6) is 1.28. The maximum absolute atomic E-state index is 11.3. The van der Waals surface area contributed by atoms with Crippen molar-refractivity contribution in [1.29, 1.82) is 0 Å². The number of aromatic amines is 1. The highest BCUT2D eigenvalue weighted by Crippen LogP contribution is 2.27. The summed E-state index contributed by atoms with van der Waals surface area (Å²) in [6.07, 6.45) is 0.160. The third-order valence-corrected chi connectivity index (χ3v) is 6.11. The second-order valence-electron chi connectivity index (χ2n) is 8.18. The second-order valence-corrected chi connectivity index (χ2v) is 9.16. The largest absolute Gasteiger partial charge is 0.492 e. The predicted octanol–water partition coefficient (Wildman–Crippen LogP) is 4.04. The summed E-state index contributed by atoms with van der Waals surface area (Å²) in [7, 11) is 0. The van der Waals surface area contributed by atoms with Gasteiger partial charge in [0.05, 0.1) is 0 Å². The van der Waals surface area contributed by atoms with E-state index in [0.29, 0.717) is 30.4 Å². The van der Waals surface area contributed by atoms with Crippen molar-refractivity contribution in [2.24, 2.45) is 0 Å². The number of thiazole rings is 1. The summed E-state index contributed by atoms with van der Waals surface area (Å²) in [5.41, 5.74) is 3.01. The van der Waals surface area contributed by atoms with Crippen LogP contribution in [0, 0.1) is 0 Å². The lowest BCUT2D eigenvalue weighted by molar-refractivity contribution is 0.106. The van der Waals surface area contributed by atoms with Gasteiger partial charge < -0.3 is 30.3 Å². The Bertz CT molecular complexity index is 1260. The van der Waals surface area contributed by atoms with Crippen LogP contribution < -0.4 is 25.0 Å². The molecule has 0 saturated heterocycles. The molecule has 0 unspecified atom stereocenters. The lowest BCUT2D eigenvalue weighted by Gasteiger charge is -2.14. The molecule has 1 aromatic heterocycles. The molecule has 0 amide bonds. The van der Waals surface area contributed by atoms with Crippen molar-refractivity contribution >= 4 is 22.0 Å². The van der Waals surface area contributed by atoms with Gasteiger partial charge in [0.25, 0.3) is 0 Å². The van der Waals surface area contributed by atoms with E-state index in [2.05, 4.69) is 15.6 Å². The molecule has 0 aliphatic rings. The van der Waals surface area contributed by atoms with Crippen LogP contribution in [0.25, 0.3) is 0 Å². The van der Waals surface area contributed by atoms with Gasteiger partial charge in [0, 0.05) is 12.2 Å². The molecular weight excluding hydrogens is 478 g/mol. The molecule has 3 aromatic carbocycles. The molecule has 188 valence electrons. The van der Waals surface area contributed by atoms with Gasteiger partial charge in [0.2, 0.25) is 5.88 Å². The van der Waals surface area contributed by atoms with Crippen LogP contribution in [0.2, 0.25) is 0 Å². The lowest BCUT2D eigenvalue weighted by atomic mass is 10.1. The number of anilines is 2. The van der Waals surface area contributed by atoms with Crippen LogP contribution in [0.15, 0.2) is 83.7 Å². The summed E-state index contributed by atoms with van der Waals surface area (Å²) in [6.45, 7) is 1.82. The third kappa shape index (κ3) is 7.88. The van der Waals surface area contributed by atoms with Crippen molar-refractivity contribution in [3.63, 3.8) is 0 Å². The molecule has 0 radical (unpaired) electrons. The fourth-order valence-corrected chi connectivity index (χ4v) is 4.07. The number of hydrogen-bond donors (Lipinski definition) is 5. The van der Waals surface area contributed by atoms with E-state index in [0.717, 1.165) is 40.3 Å². The van der Waals surface area contributed by atoms with E-state index in [1.54, 1.807) is 0 Å². The summed E-state index contributed by atoms with van der Waals surface area (Å²) < 4.78 is 11.5. The quantitative estimate of drug-likeness (QED) is 0.174. The molecule has 4 rings (SSSR count). The van der Waals surface area contributed by atoms with Crippen LogP contribution in [0.4, 0.5) is 10.7 Å². The number of hydrogen-bond acceptors (Lipinski definition) is 8. The SMILES string of the molecule is O=c1[nH]c(O)c(Nc2ccc(CCNC[C@H](O)COc3ccc(OCc4ccccc4)cc3)cc2)s1. The van der Waals surface area contributed by atoms with Gasteiger partial charge in [-0.3, -0.25) is 9.78 Å². The van der Waals surface area contributed by atoms with E-state index in [1.165, 1.54) is 0 Å². The zero-order valence-corrected chi connectivity index (χ0v) is 20.5. The van der Waals surface area contributed by atoms with Crippen molar-refractivity contribution in [2.45, 2.75) is 19.1 Å². The Labute approximate surface area is 213 Å². The Morgan fingerprint density at radius 3 is 2.25 bits per heavy atom. The van der Waals surface area contributed by atoms with Crippen LogP contribution in [0.5, 0.6) is 17.4 Å². The van der Waals surface area contributed by atoms with Gasteiger partial charge in [-0.2, -0.15) is 0 Å². The fourth-order valence-electron chi connectivity index (χ4n) is 3.42. The Morgan fingerprint density at radius 2 is 1.58 bits per heavy atom. The van der Waals surface area contributed by atoms with Crippen molar-refractivity contribution < 1.29 is 19.7 Å². The van der Waals surface area contributed by atoms with Crippen molar-refractivity contribution in [3.05, 3.63) is 99.7 Å². The Morgan fingerprint density at radius 1 is 0.889 bits per heavy atom. The minimum absolute atomic E-state index is 0.161. The zero-order chi connectivity index (χ0) is 25.2. The molecule has 1 heterocycles. The molecule has 0 aliphatic heterocycles. The molecule has 0 bridgehead atoms. The Balaban J connectivity index is 1.11. The second kappa shape index (κ2) is 12.8. The summed E-state index contributed by atoms with van der Waals surface area (Å²) in [6, 6.07) is 25.1. The van der Waals surface area contributed by atoms with E-state index >= 15 is 0 Å².